The summed E-state index contributed by atoms with van der Waals surface area (Å²) in [5, 5.41) is 20.1. The van der Waals surface area contributed by atoms with E-state index in [1.165, 1.54) is 11.1 Å². The first-order valence-electron chi connectivity index (χ1n) is 14.0. The fraction of sp³-hybridized carbons (Fsp3) is 0.135. The molecule has 194 valence electrons. The van der Waals surface area contributed by atoms with E-state index in [-0.39, 0.29) is 12.0 Å². The third kappa shape index (κ3) is 3.88. The molecule has 4 nitrogen and oxygen atoms in total. The van der Waals surface area contributed by atoms with Gasteiger partial charge >= 0.3 is 0 Å². The summed E-state index contributed by atoms with van der Waals surface area (Å²) in [6, 6.07) is 36.1. The van der Waals surface area contributed by atoms with Gasteiger partial charge in [-0.1, -0.05) is 54.6 Å². The lowest BCUT2D eigenvalue weighted by atomic mass is 9.76. The second-order valence-electron chi connectivity index (χ2n) is 11.0. The highest BCUT2D eigenvalue weighted by Gasteiger charge is 2.48. The number of hydrogen-bond acceptors (Lipinski definition) is 2. The third-order valence-electron chi connectivity index (χ3n) is 8.66. The highest BCUT2D eigenvalue weighted by Crippen LogP contribution is 2.46. The predicted molar refractivity (Wildman–Crippen MR) is 159 cm³/mol. The van der Waals surface area contributed by atoms with Crippen LogP contribution >= 0.6 is 0 Å². The van der Waals surface area contributed by atoms with Crippen LogP contribution < -0.4 is 9.13 Å². The van der Waals surface area contributed by atoms with E-state index in [1.54, 1.807) is 0 Å². The minimum absolute atomic E-state index is 0.0588. The lowest BCUT2D eigenvalue weighted by molar-refractivity contribution is -0.727. The molecule has 0 N–H and O–H groups in total. The number of benzene rings is 3. The van der Waals surface area contributed by atoms with Crippen LogP contribution in [0.5, 0.6) is 0 Å². The number of nitriles is 2. The van der Waals surface area contributed by atoms with Gasteiger partial charge in [0, 0.05) is 28.8 Å². The summed E-state index contributed by atoms with van der Waals surface area (Å²) >= 11 is 0. The fourth-order valence-electron chi connectivity index (χ4n) is 6.76. The Balaban J connectivity index is 1.53. The first-order chi connectivity index (χ1) is 20.1. The maximum Gasteiger partial charge on any atom is 0.249 e. The number of pyridine rings is 2. The second kappa shape index (κ2) is 9.70. The van der Waals surface area contributed by atoms with E-state index in [1.807, 2.05) is 12.1 Å². The van der Waals surface area contributed by atoms with Gasteiger partial charge in [-0.15, -0.1) is 0 Å². The summed E-state index contributed by atoms with van der Waals surface area (Å²) in [6.07, 6.45) is 6.16. The molecular formula is C37H28N4+2. The van der Waals surface area contributed by atoms with Crippen molar-refractivity contribution < 1.29 is 9.13 Å². The molecule has 0 bridgehead atoms. The normalized spacial score (nSPS) is 16.7. The van der Waals surface area contributed by atoms with Gasteiger partial charge in [-0.3, -0.25) is 0 Å². The molecule has 0 saturated carbocycles. The van der Waals surface area contributed by atoms with Gasteiger partial charge in [0.1, 0.15) is 12.1 Å². The van der Waals surface area contributed by atoms with Crippen molar-refractivity contribution in [2.75, 3.05) is 0 Å². The van der Waals surface area contributed by atoms with Gasteiger partial charge < -0.3 is 0 Å². The van der Waals surface area contributed by atoms with Crippen LogP contribution in [0, 0.1) is 29.6 Å². The van der Waals surface area contributed by atoms with Gasteiger partial charge in [0.15, 0.2) is 12.4 Å². The van der Waals surface area contributed by atoms with Crippen molar-refractivity contribution in [3.63, 3.8) is 0 Å². The zero-order chi connectivity index (χ0) is 28.1. The lowest BCUT2D eigenvalue weighted by Gasteiger charge is -2.30. The van der Waals surface area contributed by atoms with Crippen LogP contribution in [0.3, 0.4) is 0 Å². The van der Waals surface area contributed by atoms with Gasteiger partial charge in [-0.2, -0.15) is 19.7 Å². The van der Waals surface area contributed by atoms with E-state index in [4.69, 9.17) is 6.58 Å². The van der Waals surface area contributed by atoms with Gasteiger partial charge in [0.25, 0.3) is 0 Å². The first kappa shape index (κ1) is 24.7. The molecular weight excluding hydrogens is 500 g/mol. The van der Waals surface area contributed by atoms with E-state index in [0.717, 1.165) is 57.7 Å². The monoisotopic (exact) mass is 528 g/mol. The van der Waals surface area contributed by atoms with Crippen molar-refractivity contribution in [1.82, 2.24) is 0 Å². The Morgan fingerprint density at radius 2 is 1.56 bits per heavy atom. The average Bonchev–Trinajstić information content (AvgIpc) is 3.07. The summed E-state index contributed by atoms with van der Waals surface area (Å²) in [5.41, 5.74) is 11.8. The molecule has 0 aliphatic carbocycles. The zero-order valence-corrected chi connectivity index (χ0v) is 22.9. The molecule has 2 unspecified atom stereocenters. The summed E-state index contributed by atoms with van der Waals surface area (Å²) in [5.74, 6) is 0.0588. The topological polar surface area (TPSA) is 55.3 Å². The van der Waals surface area contributed by atoms with Crippen LogP contribution in [0.2, 0.25) is 0 Å². The maximum atomic E-state index is 10.2. The quantitative estimate of drug-likeness (QED) is 0.219. The highest BCUT2D eigenvalue weighted by molar-refractivity contribution is 5.76. The van der Waals surface area contributed by atoms with Gasteiger partial charge in [0.05, 0.1) is 22.6 Å². The summed E-state index contributed by atoms with van der Waals surface area (Å²) in [7, 11) is 0. The number of hydrogen-bond donors (Lipinski definition) is 0. The lowest BCUT2D eigenvalue weighted by Crippen LogP contribution is -2.53. The average molecular weight is 529 g/mol. The van der Waals surface area contributed by atoms with E-state index >= 15 is 0 Å². The number of aryl methyl sites for hydroxylation is 2. The number of fused-ring (bicyclic) bond motifs is 9. The largest absolute Gasteiger partial charge is 0.249 e. The molecule has 0 fully saturated rings. The highest BCUT2D eigenvalue weighted by atomic mass is 15.1. The van der Waals surface area contributed by atoms with E-state index in [2.05, 4.69) is 119 Å². The van der Waals surface area contributed by atoms with Crippen LogP contribution in [0.15, 0.2) is 110 Å². The third-order valence-corrected chi connectivity index (χ3v) is 8.66. The molecule has 2 aliphatic rings. The van der Waals surface area contributed by atoms with Crippen LogP contribution in [-0.4, -0.2) is 0 Å². The Labute approximate surface area is 240 Å². The van der Waals surface area contributed by atoms with Crippen LogP contribution in [0.25, 0.3) is 39.3 Å². The molecule has 41 heavy (non-hydrogen) atoms. The Morgan fingerprint density at radius 1 is 0.780 bits per heavy atom. The summed E-state index contributed by atoms with van der Waals surface area (Å²) < 4.78 is 4.58. The molecule has 7 rings (SSSR count). The zero-order valence-electron chi connectivity index (χ0n) is 22.9. The molecule has 2 aliphatic heterocycles. The van der Waals surface area contributed by atoms with Crippen molar-refractivity contribution in [1.29, 1.82) is 10.5 Å². The van der Waals surface area contributed by atoms with E-state index < -0.39 is 0 Å². The minimum Gasteiger partial charge on any atom is -0.192 e. The maximum absolute atomic E-state index is 10.2. The Morgan fingerprint density at radius 3 is 2.37 bits per heavy atom. The molecule has 0 spiro atoms. The summed E-state index contributed by atoms with van der Waals surface area (Å²) in [6.45, 7) is 6.89. The van der Waals surface area contributed by atoms with E-state index in [0.29, 0.717) is 11.1 Å². The molecule has 2 atom stereocenters. The SMILES string of the molecule is C=C1C2C(CCc3ccccc3-c3ccc(-c4ccccc4)c[n+]31)c1ccc(C#N)c(C#N)c1-c1ccc(C)c[n+]12. The van der Waals surface area contributed by atoms with Crippen molar-refractivity contribution in [2.24, 2.45) is 0 Å². The van der Waals surface area contributed by atoms with Crippen molar-refractivity contribution in [2.45, 2.75) is 31.7 Å². The van der Waals surface area contributed by atoms with Crippen LogP contribution in [0.4, 0.5) is 0 Å². The standard InChI is InChI=1S/C37H28N4/c1-24-12-18-35-36-31(16-14-28(20-38)33(36)21-39)32-17-13-27-10-6-7-11-30(27)34-19-15-29(26-8-4-3-5-9-26)23-40(34)25(2)37(32)41(35)22-24/h3-12,14-16,18-19,22-23,32,37H,2,13,17H2,1H3/q+2. The number of allylic oxidation sites excluding steroid dienone is 1. The number of rotatable bonds is 1. The fourth-order valence-corrected chi connectivity index (χ4v) is 6.76. The Kier molecular flexibility index (Phi) is 5.84. The van der Waals surface area contributed by atoms with Gasteiger partial charge in [0.2, 0.25) is 23.1 Å². The van der Waals surface area contributed by atoms with Crippen molar-refractivity contribution in [3.8, 4) is 45.8 Å². The minimum atomic E-state index is -0.0824. The van der Waals surface area contributed by atoms with Crippen molar-refractivity contribution in [3.05, 3.63) is 138 Å². The molecule has 5 aromatic rings. The molecule has 0 amide bonds. The number of nitrogens with zero attached hydrogens (tertiary/aromatic N) is 4. The summed E-state index contributed by atoms with van der Waals surface area (Å²) in [4.78, 5) is 0. The Hall–Kier alpha value is -5.32. The smallest absolute Gasteiger partial charge is 0.192 e. The van der Waals surface area contributed by atoms with Gasteiger partial charge in [-0.05, 0) is 67.3 Å². The second-order valence-corrected chi connectivity index (χ2v) is 11.0. The molecule has 2 aromatic heterocycles. The molecule has 0 radical (unpaired) electrons. The number of aromatic nitrogens is 2. The molecule has 3 aromatic carbocycles. The first-order valence-corrected chi connectivity index (χ1v) is 14.0. The van der Waals surface area contributed by atoms with Crippen molar-refractivity contribution >= 4 is 5.70 Å². The van der Waals surface area contributed by atoms with E-state index in [9.17, 15) is 10.5 Å². The molecule has 4 heteroatoms. The Bertz CT molecular complexity index is 1960. The van der Waals surface area contributed by atoms with Gasteiger partial charge in [-0.25, -0.2) is 0 Å². The molecule has 4 heterocycles. The predicted octanol–water partition coefficient (Wildman–Crippen LogP) is 7.07. The van der Waals surface area contributed by atoms with Crippen LogP contribution in [-0.2, 0) is 6.42 Å². The van der Waals surface area contributed by atoms with Crippen LogP contribution in [0.1, 0.15) is 46.2 Å². The molecule has 0 saturated heterocycles.